The lowest BCUT2D eigenvalue weighted by molar-refractivity contribution is -0.146. The first kappa shape index (κ1) is 37.2. The molecule has 2 aromatic rings. The van der Waals surface area contributed by atoms with Crippen LogP contribution in [-0.4, -0.2) is 70.8 Å². The molecule has 40 heavy (non-hydrogen) atoms. The van der Waals surface area contributed by atoms with E-state index < -0.39 is 24.1 Å². The molecular formula is C32H52N2O6. The van der Waals surface area contributed by atoms with E-state index in [1.54, 1.807) is 0 Å². The number of aliphatic carboxylic acids is 2. The summed E-state index contributed by atoms with van der Waals surface area (Å²) in [6.45, 7) is 7.04. The molecule has 226 valence electrons. The van der Waals surface area contributed by atoms with Gasteiger partial charge in [0.05, 0.1) is 0 Å². The Bertz CT molecular complexity index is 775. The van der Waals surface area contributed by atoms with Crippen LogP contribution in [-0.2, 0) is 22.4 Å². The SMILES string of the molecule is CC(O)C(=O)O.CC(O)C(=O)O.c1ccc(CCCNCCCCCCCCNCCCc2ccccc2)cc1. The molecule has 0 aliphatic carbocycles. The minimum atomic E-state index is -1.23. The van der Waals surface area contributed by atoms with Crippen LogP contribution in [0, 0.1) is 0 Å². The number of carboxylic acids is 2. The molecule has 2 rings (SSSR count). The number of benzene rings is 2. The van der Waals surface area contributed by atoms with E-state index in [0.29, 0.717) is 0 Å². The highest BCUT2D eigenvalue weighted by Crippen LogP contribution is 2.05. The van der Waals surface area contributed by atoms with E-state index in [4.69, 9.17) is 20.4 Å². The Morgan fingerprint density at radius 1 is 0.550 bits per heavy atom. The lowest BCUT2D eigenvalue weighted by Crippen LogP contribution is -2.17. The largest absolute Gasteiger partial charge is 0.479 e. The molecule has 2 unspecified atom stereocenters. The van der Waals surface area contributed by atoms with Gasteiger partial charge in [-0.1, -0.05) is 86.3 Å². The zero-order chi connectivity index (χ0) is 29.8. The number of nitrogens with one attached hydrogen (secondary N) is 2. The fraction of sp³-hybridized carbons (Fsp3) is 0.562. The molecule has 2 aromatic carbocycles. The van der Waals surface area contributed by atoms with Gasteiger partial charge in [-0.15, -0.1) is 0 Å². The third-order valence-corrected chi connectivity index (χ3v) is 6.00. The Morgan fingerprint density at radius 2 is 0.825 bits per heavy atom. The first-order chi connectivity index (χ1) is 19.2. The van der Waals surface area contributed by atoms with E-state index in [1.165, 1.54) is 102 Å². The number of unbranched alkanes of at least 4 members (excludes halogenated alkanes) is 5. The smallest absolute Gasteiger partial charge is 0.332 e. The van der Waals surface area contributed by atoms with Crippen LogP contribution < -0.4 is 10.6 Å². The number of aryl methyl sites for hydroxylation is 2. The van der Waals surface area contributed by atoms with Crippen molar-refractivity contribution in [3.63, 3.8) is 0 Å². The van der Waals surface area contributed by atoms with Crippen LogP contribution in [0.4, 0.5) is 0 Å². The van der Waals surface area contributed by atoms with Crippen molar-refractivity contribution in [2.75, 3.05) is 26.2 Å². The Kier molecular flexibility index (Phi) is 24.6. The lowest BCUT2D eigenvalue weighted by Gasteiger charge is -2.06. The summed E-state index contributed by atoms with van der Waals surface area (Å²) in [6, 6.07) is 21.6. The molecule has 0 saturated carbocycles. The average molecular weight is 561 g/mol. The van der Waals surface area contributed by atoms with Crippen LogP contribution in [0.5, 0.6) is 0 Å². The van der Waals surface area contributed by atoms with E-state index in [-0.39, 0.29) is 0 Å². The quantitative estimate of drug-likeness (QED) is 0.136. The molecule has 0 saturated heterocycles. The molecule has 0 aromatic heterocycles. The highest BCUT2D eigenvalue weighted by molar-refractivity contribution is 5.71. The second-order valence-corrected chi connectivity index (χ2v) is 9.83. The predicted molar refractivity (Wildman–Crippen MR) is 162 cm³/mol. The minimum absolute atomic E-state index is 1.14. The Balaban J connectivity index is 0.00000106. The first-order valence-electron chi connectivity index (χ1n) is 14.5. The van der Waals surface area contributed by atoms with Gasteiger partial charge in [0.25, 0.3) is 0 Å². The zero-order valence-electron chi connectivity index (χ0n) is 24.4. The monoisotopic (exact) mass is 560 g/mol. The summed E-state index contributed by atoms with van der Waals surface area (Å²) in [7, 11) is 0. The van der Waals surface area contributed by atoms with Crippen LogP contribution in [0.3, 0.4) is 0 Å². The van der Waals surface area contributed by atoms with Crippen LogP contribution in [0.25, 0.3) is 0 Å². The van der Waals surface area contributed by atoms with Gasteiger partial charge in [0.2, 0.25) is 0 Å². The van der Waals surface area contributed by atoms with Crippen LogP contribution in [0.2, 0.25) is 0 Å². The van der Waals surface area contributed by atoms with Crippen molar-refractivity contribution in [1.82, 2.24) is 10.6 Å². The van der Waals surface area contributed by atoms with Crippen molar-refractivity contribution in [1.29, 1.82) is 0 Å². The number of aliphatic hydroxyl groups is 2. The highest BCUT2D eigenvalue weighted by Gasteiger charge is 2.02. The number of rotatable bonds is 19. The van der Waals surface area contributed by atoms with Gasteiger partial charge < -0.3 is 31.1 Å². The van der Waals surface area contributed by atoms with E-state index in [2.05, 4.69) is 71.3 Å². The molecule has 0 radical (unpaired) electrons. The number of hydrogen-bond acceptors (Lipinski definition) is 6. The third kappa shape index (κ3) is 25.5. The molecule has 0 heterocycles. The molecule has 0 aliphatic rings. The Hall–Kier alpha value is -2.78. The van der Waals surface area contributed by atoms with Crippen molar-refractivity contribution in [2.24, 2.45) is 0 Å². The third-order valence-electron chi connectivity index (χ3n) is 6.00. The van der Waals surface area contributed by atoms with Gasteiger partial charge in [0.1, 0.15) is 12.2 Å². The number of hydrogen-bond donors (Lipinski definition) is 6. The summed E-state index contributed by atoms with van der Waals surface area (Å²) in [4.78, 5) is 18.9. The van der Waals surface area contributed by atoms with Crippen molar-refractivity contribution >= 4 is 11.9 Å². The van der Waals surface area contributed by atoms with Crippen LogP contribution >= 0.6 is 0 Å². The van der Waals surface area contributed by atoms with E-state index in [9.17, 15) is 9.59 Å². The fourth-order valence-electron chi connectivity index (χ4n) is 3.58. The van der Waals surface area contributed by atoms with E-state index in [1.807, 2.05) is 0 Å². The van der Waals surface area contributed by atoms with Crippen molar-refractivity contribution in [3.05, 3.63) is 71.8 Å². The summed E-state index contributed by atoms with van der Waals surface area (Å²) in [5, 5.41) is 38.7. The van der Waals surface area contributed by atoms with Crippen molar-refractivity contribution in [3.8, 4) is 0 Å². The fourth-order valence-corrected chi connectivity index (χ4v) is 3.58. The second kappa shape index (κ2) is 26.4. The Labute approximate surface area is 240 Å². The predicted octanol–water partition coefficient (Wildman–Crippen LogP) is 4.68. The van der Waals surface area contributed by atoms with Crippen molar-refractivity contribution < 1.29 is 30.0 Å². The molecule has 0 bridgehead atoms. The second-order valence-electron chi connectivity index (χ2n) is 9.83. The van der Waals surface area contributed by atoms with Crippen LogP contribution in [0.15, 0.2) is 60.7 Å². The normalized spacial score (nSPS) is 11.8. The topological polar surface area (TPSA) is 139 Å². The van der Waals surface area contributed by atoms with Gasteiger partial charge in [-0.05, 0) is 89.7 Å². The van der Waals surface area contributed by atoms with Gasteiger partial charge in [-0.25, -0.2) is 9.59 Å². The number of aliphatic hydroxyl groups excluding tert-OH is 2. The average Bonchev–Trinajstić information content (AvgIpc) is 2.94. The maximum atomic E-state index is 9.45. The highest BCUT2D eigenvalue weighted by atomic mass is 16.4. The number of carbonyl (C=O) groups is 2. The molecule has 0 aliphatic heterocycles. The van der Waals surface area contributed by atoms with Gasteiger partial charge >= 0.3 is 11.9 Å². The van der Waals surface area contributed by atoms with E-state index in [0.717, 1.165) is 13.1 Å². The van der Waals surface area contributed by atoms with Gasteiger partial charge in [-0.2, -0.15) is 0 Å². The summed E-state index contributed by atoms with van der Waals surface area (Å²) >= 11 is 0. The maximum Gasteiger partial charge on any atom is 0.332 e. The summed E-state index contributed by atoms with van der Waals surface area (Å²) in [5.41, 5.74) is 2.91. The van der Waals surface area contributed by atoms with Crippen LogP contribution in [0.1, 0.15) is 76.3 Å². The van der Waals surface area contributed by atoms with E-state index >= 15 is 0 Å². The summed E-state index contributed by atoms with van der Waals surface area (Å²) < 4.78 is 0. The standard InChI is InChI=1S/C26H40N2.2C3H6O3/c1(3-11-21-27-23-13-19-25-15-7-5-8-16-25)2-4-12-22-28-24-14-20-26-17-9-6-10-18-26;2*1-2(4)3(5)6/h5-10,15-18,27-28H,1-4,11-14,19-24H2;2*2,4H,1H3,(H,5,6). The lowest BCUT2D eigenvalue weighted by atomic mass is 10.1. The molecule has 8 heteroatoms. The molecule has 8 nitrogen and oxygen atoms in total. The first-order valence-corrected chi connectivity index (χ1v) is 14.5. The minimum Gasteiger partial charge on any atom is -0.479 e. The molecule has 0 spiro atoms. The molecule has 6 N–H and O–H groups in total. The maximum absolute atomic E-state index is 9.45. The van der Waals surface area contributed by atoms with Crippen molar-refractivity contribution in [2.45, 2.75) is 90.3 Å². The molecule has 2 atom stereocenters. The number of carboxylic acid groups (broad SMARTS) is 2. The summed E-state index contributed by atoms with van der Waals surface area (Å²) in [6.07, 6.45) is 10.6. The Morgan fingerprint density at radius 3 is 1.12 bits per heavy atom. The van der Waals surface area contributed by atoms with Gasteiger partial charge in [-0.3, -0.25) is 0 Å². The molecule has 0 amide bonds. The summed E-state index contributed by atoms with van der Waals surface area (Å²) in [5.74, 6) is -2.37. The van der Waals surface area contributed by atoms with Gasteiger partial charge in [0, 0.05) is 0 Å². The zero-order valence-corrected chi connectivity index (χ0v) is 24.4. The van der Waals surface area contributed by atoms with Gasteiger partial charge in [0.15, 0.2) is 0 Å². The molecule has 0 fully saturated rings. The molecular weight excluding hydrogens is 508 g/mol.